The zero-order valence-electron chi connectivity index (χ0n) is 8.36. The average molecular weight is 193 g/mol. The third-order valence-corrected chi connectivity index (χ3v) is 1.59. The van der Waals surface area contributed by atoms with Gasteiger partial charge in [-0.05, 0) is 13.5 Å². The fourth-order valence-corrected chi connectivity index (χ4v) is 0.969. The van der Waals surface area contributed by atoms with Crippen molar-refractivity contribution in [2.24, 2.45) is 0 Å². The van der Waals surface area contributed by atoms with Gasteiger partial charge in [-0.15, -0.1) is 6.58 Å². The lowest BCUT2D eigenvalue weighted by Gasteiger charge is -2.04. The van der Waals surface area contributed by atoms with Crippen molar-refractivity contribution in [3.05, 3.63) is 30.7 Å². The van der Waals surface area contributed by atoms with E-state index >= 15 is 0 Å². The van der Waals surface area contributed by atoms with E-state index in [2.05, 4.69) is 21.9 Å². The summed E-state index contributed by atoms with van der Waals surface area (Å²) in [4.78, 5) is 8.28. The van der Waals surface area contributed by atoms with Crippen LogP contribution in [-0.4, -0.2) is 23.6 Å². The van der Waals surface area contributed by atoms with Crippen LogP contribution in [-0.2, 0) is 6.54 Å². The van der Waals surface area contributed by atoms with Crippen molar-refractivity contribution in [3.63, 3.8) is 0 Å². The molecule has 4 nitrogen and oxygen atoms in total. The Balaban J connectivity index is 2.50. The molecular formula is C10H15N3O. The van der Waals surface area contributed by atoms with Crippen LogP contribution in [0.15, 0.2) is 25.0 Å². The molecule has 1 rings (SSSR count). The summed E-state index contributed by atoms with van der Waals surface area (Å²) >= 11 is 0. The summed E-state index contributed by atoms with van der Waals surface area (Å²) in [6.45, 7) is 4.91. The van der Waals surface area contributed by atoms with Crippen molar-refractivity contribution < 1.29 is 4.74 Å². The summed E-state index contributed by atoms with van der Waals surface area (Å²) in [6.07, 6.45) is 5.96. The Bertz CT molecular complexity index is 288. The largest absolute Gasteiger partial charge is 0.476 e. The number of nitrogens with zero attached hydrogens (tertiary/aromatic N) is 2. The highest BCUT2D eigenvalue weighted by molar-refractivity contribution is 5.08. The van der Waals surface area contributed by atoms with Crippen molar-refractivity contribution in [2.75, 3.05) is 13.7 Å². The van der Waals surface area contributed by atoms with Crippen molar-refractivity contribution >= 4 is 0 Å². The smallest absolute Gasteiger partial charge is 0.232 e. The first-order chi connectivity index (χ1) is 6.86. The van der Waals surface area contributed by atoms with Gasteiger partial charge in [0.1, 0.15) is 0 Å². The Labute approximate surface area is 84.0 Å². The van der Waals surface area contributed by atoms with Crippen molar-refractivity contribution in [3.8, 4) is 5.88 Å². The molecule has 0 atom stereocenters. The highest BCUT2D eigenvalue weighted by Crippen LogP contribution is 2.05. The maximum Gasteiger partial charge on any atom is 0.232 e. The van der Waals surface area contributed by atoms with Crippen molar-refractivity contribution in [2.45, 2.75) is 13.0 Å². The zero-order valence-corrected chi connectivity index (χ0v) is 8.36. The number of aromatic nitrogens is 2. The number of ether oxygens (including phenoxy) is 1. The molecule has 1 N–H and O–H groups in total. The molecule has 14 heavy (non-hydrogen) atoms. The van der Waals surface area contributed by atoms with Gasteiger partial charge in [0.2, 0.25) is 5.88 Å². The predicted octanol–water partition coefficient (Wildman–Crippen LogP) is 1.15. The fraction of sp³-hybridized carbons (Fsp3) is 0.400. The van der Waals surface area contributed by atoms with E-state index in [4.69, 9.17) is 4.74 Å². The minimum atomic E-state index is 0.569. The first-order valence-corrected chi connectivity index (χ1v) is 4.56. The van der Waals surface area contributed by atoms with Crippen molar-refractivity contribution in [1.82, 2.24) is 15.3 Å². The average Bonchev–Trinajstić information content (AvgIpc) is 2.19. The van der Waals surface area contributed by atoms with Crippen molar-refractivity contribution in [1.29, 1.82) is 0 Å². The Morgan fingerprint density at radius 1 is 1.57 bits per heavy atom. The van der Waals surface area contributed by atoms with Crippen LogP contribution < -0.4 is 10.1 Å². The minimum absolute atomic E-state index is 0.569. The SMILES string of the molecule is C=CCCOc1cncc(CNC)n1. The van der Waals surface area contributed by atoms with E-state index in [0.29, 0.717) is 19.0 Å². The molecule has 4 heteroatoms. The number of hydrogen-bond acceptors (Lipinski definition) is 4. The molecule has 0 spiro atoms. The summed E-state index contributed by atoms with van der Waals surface area (Å²) in [7, 11) is 1.87. The van der Waals surface area contributed by atoms with Crippen LogP contribution in [0.25, 0.3) is 0 Å². The van der Waals surface area contributed by atoms with Gasteiger partial charge in [0.15, 0.2) is 0 Å². The summed E-state index contributed by atoms with van der Waals surface area (Å²) in [5, 5.41) is 3.00. The molecule has 1 aromatic heterocycles. The second kappa shape index (κ2) is 6.10. The lowest BCUT2D eigenvalue weighted by molar-refractivity contribution is 0.309. The predicted molar refractivity (Wildman–Crippen MR) is 55.1 cm³/mol. The zero-order chi connectivity index (χ0) is 10.2. The van der Waals surface area contributed by atoms with E-state index in [-0.39, 0.29) is 0 Å². The van der Waals surface area contributed by atoms with E-state index in [1.807, 2.05) is 13.1 Å². The molecule has 0 aliphatic carbocycles. The third kappa shape index (κ3) is 3.53. The van der Waals surface area contributed by atoms with Crippen LogP contribution in [0.5, 0.6) is 5.88 Å². The second-order valence-electron chi connectivity index (χ2n) is 2.80. The number of hydrogen-bond donors (Lipinski definition) is 1. The van der Waals surface area contributed by atoms with Gasteiger partial charge < -0.3 is 10.1 Å². The van der Waals surface area contributed by atoms with Crippen LogP contribution >= 0.6 is 0 Å². The third-order valence-electron chi connectivity index (χ3n) is 1.59. The fourth-order valence-electron chi connectivity index (χ4n) is 0.969. The van der Waals surface area contributed by atoms with Crippen LogP contribution in [0.1, 0.15) is 12.1 Å². The molecule has 0 aliphatic rings. The summed E-state index contributed by atoms with van der Waals surface area (Å²) < 4.78 is 5.36. The molecule has 1 aromatic rings. The lowest BCUT2D eigenvalue weighted by atomic mass is 10.4. The molecule has 76 valence electrons. The molecule has 0 unspecified atom stereocenters. The Morgan fingerprint density at radius 2 is 2.43 bits per heavy atom. The molecular weight excluding hydrogens is 178 g/mol. The molecule has 0 aromatic carbocycles. The van der Waals surface area contributed by atoms with Gasteiger partial charge in [-0.25, -0.2) is 4.98 Å². The van der Waals surface area contributed by atoms with Gasteiger partial charge >= 0.3 is 0 Å². The minimum Gasteiger partial charge on any atom is -0.476 e. The van der Waals surface area contributed by atoms with Crippen LogP contribution in [0.4, 0.5) is 0 Å². The summed E-state index contributed by atoms with van der Waals surface area (Å²) in [5.74, 6) is 0.569. The standard InChI is InChI=1S/C10H15N3O/c1-3-4-5-14-10-8-12-7-9(13-10)6-11-2/h3,7-8,11H,1,4-6H2,2H3. The maximum atomic E-state index is 5.36. The lowest BCUT2D eigenvalue weighted by Crippen LogP contribution is -2.08. The van der Waals surface area contributed by atoms with Gasteiger partial charge in [-0.2, -0.15) is 0 Å². The Kier molecular flexibility index (Phi) is 4.64. The van der Waals surface area contributed by atoms with Gasteiger partial charge in [0, 0.05) is 12.7 Å². The first-order valence-electron chi connectivity index (χ1n) is 4.56. The van der Waals surface area contributed by atoms with Crippen LogP contribution in [0.2, 0.25) is 0 Å². The van der Waals surface area contributed by atoms with Gasteiger partial charge in [0.05, 0.1) is 18.5 Å². The van der Waals surface area contributed by atoms with E-state index < -0.39 is 0 Å². The van der Waals surface area contributed by atoms with Crippen LogP contribution in [0.3, 0.4) is 0 Å². The quantitative estimate of drug-likeness (QED) is 0.544. The molecule has 0 aliphatic heterocycles. The summed E-state index contributed by atoms with van der Waals surface area (Å²) in [6, 6.07) is 0. The second-order valence-corrected chi connectivity index (χ2v) is 2.80. The summed E-state index contributed by atoms with van der Waals surface area (Å²) in [5.41, 5.74) is 0.878. The highest BCUT2D eigenvalue weighted by Gasteiger charge is 1.97. The Morgan fingerprint density at radius 3 is 3.14 bits per heavy atom. The van der Waals surface area contributed by atoms with Crippen LogP contribution in [0, 0.1) is 0 Å². The highest BCUT2D eigenvalue weighted by atomic mass is 16.5. The molecule has 0 radical (unpaired) electrons. The normalized spacial score (nSPS) is 9.79. The van der Waals surface area contributed by atoms with Gasteiger partial charge in [-0.3, -0.25) is 4.98 Å². The molecule has 1 heterocycles. The topological polar surface area (TPSA) is 47.0 Å². The van der Waals surface area contributed by atoms with E-state index in [1.54, 1.807) is 12.4 Å². The Hall–Kier alpha value is -1.42. The number of rotatable bonds is 6. The van der Waals surface area contributed by atoms with Gasteiger partial charge in [0.25, 0.3) is 0 Å². The maximum absolute atomic E-state index is 5.36. The van der Waals surface area contributed by atoms with E-state index in [9.17, 15) is 0 Å². The monoisotopic (exact) mass is 193 g/mol. The van der Waals surface area contributed by atoms with Gasteiger partial charge in [-0.1, -0.05) is 6.08 Å². The molecule has 0 saturated carbocycles. The van der Waals surface area contributed by atoms with E-state index in [1.165, 1.54) is 0 Å². The molecule has 0 bridgehead atoms. The van der Waals surface area contributed by atoms with E-state index in [0.717, 1.165) is 12.1 Å². The number of nitrogens with one attached hydrogen (secondary N) is 1. The molecule has 0 fully saturated rings. The molecule has 0 amide bonds. The first kappa shape index (κ1) is 10.7. The molecule has 0 saturated heterocycles.